The van der Waals surface area contributed by atoms with Gasteiger partial charge in [0, 0.05) is 12.8 Å². The van der Waals surface area contributed by atoms with Crippen LogP contribution in [0.1, 0.15) is 187 Å². The summed E-state index contributed by atoms with van der Waals surface area (Å²) in [6, 6.07) is 0. The van der Waals surface area contributed by atoms with Crippen molar-refractivity contribution in [3.05, 3.63) is 12.2 Å². The molecule has 0 amide bonds. The van der Waals surface area contributed by atoms with Gasteiger partial charge < -0.3 is 18.9 Å². The van der Waals surface area contributed by atoms with Crippen molar-refractivity contribution in [2.45, 2.75) is 193 Å². The van der Waals surface area contributed by atoms with Crippen LogP contribution in [0.2, 0.25) is 0 Å². The van der Waals surface area contributed by atoms with Crippen molar-refractivity contribution in [3.8, 4) is 0 Å². The monoisotopic (exact) mass is 747 g/mol. The van der Waals surface area contributed by atoms with Crippen LogP contribution in [0.4, 0.5) is 0 Å². The van der Waals surface area contributed by atoms with E-state index in [1.54, 1.807) is 0 Å². The van der Waals surface area contributed by atoms with E-state index in [9.17, 15) is 19.0 Å². The number of esters is 2. The molecule has 0 fully saturated rings. The number of phosphoric ester groups is 1. The zero-order valence-electron chi connectivity index (χ0n) is 33.9. The molecular formula is C41H81NO8P+. The number of hydrogen-bond donors (Lipinski definition) is 1. The van der Waals surface area contributed by atoms with Crippen LogP contribution >= 0.6 is 7.82 Å². The molecule has 1 unspecified atom stereocenters. The molecule has 0 saturated carbocycles. The van der Waals surface area contributed by atoms with E-state index < -0.39 is 26.5 Å². The van der Waals surface area contributed by atoms with Gasteiger partial charge in [-0.1, -0.05) is 148 Å². The summed E-state index contributed by atoms with van der Waals surface area (Å²) < 4.78 is 34.2. The molecule has 10 heteroatoms. The number of unbranched alkanes of at least 4 members (excludes halogenated alkanes) is 22. The van der Waals surface area contributed by atoms with Crippen LogP contribution in [0, 0.1) is 0 Å². The highest BCUT2D eigenvalue weighted by Gasteiger charge is 2.27. The Bertz CT molecular complexity index is 891. The second-order valence-corrected chi connectivity index (χ2v) is 16.8. The van der Waals surface area contributed by atoms with Crippen LogP contribution in [-0.2, 0) is 32.7 Å². The van der Waals surface area contributed by atoms with E-state index in [-0.39, 0.29) is 32.0 Å². The summed E-state index contributed by atoms with van der Waals surface area (Å²) in [5.41, 5.74) is 0. The first-order chi connectivity index (χ1) is 24.5. The highest BCUT2D eigenvalue weighted by Crippen LogP contribution is 2.43. The maximum Gasteiger partial charge on any atom is 0.472 e. The minimum absolute atomic E-state index is 0.0334. The van der Waals surface area contributed by atoms with Gasteiger partial charge in [0.25, 0.3) is 0 Å². The molecule has 0 aromatic carbocycles. The largest absolute Gasteiger partial charge is 0.472 e. The Morgan fingerprint density at radius 2 is 1.00 bits per heavy atom. The van der Waals surface area contributed by atoms with Crippen LogP contribution in [0.5, 0.6) is 0 Å². The second kappa shape index (κ2) is 34.5. The van der Waals surface area contributed by atoms with E-state index in [2.05, 4.69) is 26.0 Å². The van der Waals surface area contributed by atoms with Gasteiger partial charge in [-0.3, -0.25) is 18.6 Å². The molecule has 302 valence electrons. The Morgan fingerprint density at radius 1 is 0.588 bits per heavy atom. The standard InChI is InChI=1S/C41H80NO8P/c1-6-8-10-12-14-16-18-20-21-22-24-25-27-29-31-33-40(43)47-37-39(38-49-51(45,46)48-36-35-42(3,4)5)50-41(44)34-32-30-28-26-23-19-17-15-13-11-9-7-2/h20-21,39H,6-19,22-38H2,1-5H3/p+1/b21-20-/t39-/m1/s1. The fourth-order valence-electron chi connectivity index (χ4n) is 5.71. The fourth-order valence-corrected chi connectivity index (χ4v) is 6.46. The summed E-state index contributed by atoms with van der Waals surface area (Å²) in [7, 11) is 1.48. The van der Waals surface area contributed by atoms with E-state index in [0.717, 1.165) is 51.4 Å². The van der Waals surface area contributed by atoms with E-state index in [0.29, 0.717) is 17.4 Å². The average Bonchev–Trinajstić information content (AvgIpc) is 3.07. The summed E-state index contributed by atoms with van der Waals surface area (Å²) >= 11 is 0. The van der Waals surface area contributed by atoms with E-state index in [1.165, 1.54) is 103 Å². The van der Waals surface area contributed by atoms with Crippen LogP contribution in [0.25, 0.3) is 0 Å². The van der Waals surface area contributed by atoms with Crippen molar-refractivity contribution in [1.82, 2.24) is 0 Å². The zero-order chi connectivity index (χ0) is 37.9. The SMILES string of the molecule is CCCCCCCC/C=C\CCCCCCCC(=O)OC[C@H](COP(=O)(O)OCC[N+](C)(C)C)OC(=O)CCCCCCCCCCCCCC. The molecule has 9 nitrogen and oxygen atoms in total. The zero-order valence-corrected chi connectivity index (χ0v) is 34.7. The summed E-state index contributed by atoms with van der Waals surface area (Å²) in [4.78, 5) is 35.2. The average molecular weight is 747 g/mol. The number of likely N-dealkylation sites (N-methyl/N-ethyl adjacent to an activating group) is 1. The molecule has 0 aromatic rings. The first-order valence-electron chi connectivity index (χ1n) is 20.9. The molecule has 51 heavy (non-hydrogen) atoms. The van der Waals surface area contributed by atoms with E-state index >= 15 is 0 Å². The third-order valence-corrected chi connectivity index (χ3v) is 10.0. The predicted molar refractivity (Wildman–Crippen MR) is 211 cm³/mol. The van der Waals surface area contributed by atoms with Crippen molar-refractivity contribution in [3.63, 3.8) is 0 Å². The Morgan fingerprint density at radius 3 is 1.45 bits per heavy atom. The number of nitrogens with zero attached hydrogens (tertiary/aromatic N) is 1. The molecule has 0 radical (unpaired) electrons. The Balaban J connectivity index is 4.38. The Labute approximate surface area is 314 Å². The highest BCUT2D eigenvalue weighted by molar-refractivity contribution is 7.47. The predicted octanol–water partition coefficient (Wildman–Crippen LogP) is 11.4. The lowest BCUT2D eigenvalue weighted by Crippen LogP contribution is -2.37. The number of rotatable bonds is 38. The molecule has 0 bridgehead atoms. The van der Waals surface area contributed by atoms with Gasteiger partial charge in [0.05, 0.1) is 27.7 Å². The minimum Gasteiger partial charge on any atom is -0.462 e. The lowest BCUT2D eigenvalue weighted by molar-refractivity contribution is -0.870. The van der Waals surface area contributed by atoms with Crippen molar-refractivity contribution >= 4 is 19.8 Å². The number of ether oxygens (including phenoxy) is 2. The topological polar surface area (TPSA) is 108 Å². The van der Waals surface area contributed by atoms with Gasteiger partial charge in [-0.05, 0) is 38.5 Å². The summed E-state index contributed by atoms with van der Waals surface area (Å²) in [5, 5.41) is 0. The lowest BCUT2D eigenvalue weighted by Gasteiger charge is -2.24. The summed E-state index contributed by atoms with van der Waals surface area (Å²) in [6.07, 6.45) is 33.9. The molecule has 0 aliphatic rings. The van der Waals surface area contributed by atoms with Crippen LogP contribution in [0.3, 0.4) is 0 Å². The number of phosphoric acid groups is 1. The summed E-state index contributed by atoms with van der Waals surface area (Å²) in [6.45, 7) is 4.41. The fraction of sp³-hybridized carbons (Fsp3) is 0.902. The van der Waals surface area contributed by atoms with Gasteiger partial charge in [0.15, 0.2) is 6.10 Å². The normalized spacial score (nSPS) is 13.8. The van der Waals surface area contributed by atoms with Crippen LogP contribution in [-0.4, -0.2) is 74.9 Å². The molecule has 0 aliphatic heterocycles. The smallest absolute Gasteiger partial charge is 0.462 e. The van der Waals surface area contributed by atoms with Crippen LogP contribution < -0.4 is 0 Å². The Hall–Kier alpha value is -1.25. The number of carbonyl (C=O) groups excluding carboxylic acids is 2. The first kappa shape index (κ1) is 49.8. The molecular weight excluding hydrogens is 665 g/mol. The second-order valence-electron chi connectivity index (χ2n) is 15.4. The number of allylic oxidation sites excluding steroid dienone is 2. The molecule has 2 atom stereocenters. The maximum atomic E-state index is 12.6. The van der Waals surface area contributed by atoms with E-state index in [1.807, 2.05) is 21.1 Å². The molecule has 0 rings (SSSR count). The van der Waals surface area contributed by atoms with Crippen molar-refractivity contribution in [2.24, 2.45) is 0 Å². The number of carbonyl (C=O) groups is 2. The third kappa shape index (κ3) is 38.3. The van der Waals surface area contributed by atoms with Gasteiger partial charge in [0.1, 0.15) is 19.8 Å². The van der Waals surface area contributed by atoms with Gasteiger partial charge in [0.2, 0.25) is 0 Å². The summed E-state index contributed by atoms with van der Waals surface area (Å²) in [5.74, 6) is -0.802. The molecule has 0 aromatic heterocycles. The molecule has 0 spiro atoms. The molecule has 0 aliphatic carbocycles. The maximum absolute atomic E-state index is 12.6. The van der Waals surface area contributed by atoms with Crippen LogP contribution in [0.15, 0.2) is 12.2 Å². The number of hydrogen-bond acceptors (Lipinski definition) is 7. The lowest BCUT2D eigenvalue weighted by atomic mass is 10.0. The van der Waals surface area contributed by atoms with E-state index in [4.69, 9.17) is 18.5 Å². The third-order valence-electron chi connectivity index (χ3n) is 9.05. The molecule has 0 heterocycles. The Kier molecular flexibility index (Phi) is 33.7. The molecule has 1 N–H and O–H groups in total. The van der Waals surface area contributed by atoms with Gasteiger partial charge in [-0.25, -0.2) is 4.57 Å². The molecule has 0 saturated heterocycles. The van der Waals surface area contributed by atoms with Crippen molar-refractivity contribution in [1.29, 1.82) is 0 Å². The quantitative estimate of drug-likeness (QED) is 0.0219. The highest BCUT2D eigenvalue weighted by atomic mass is 31.2. The minimum atomic E-state index is -4.37. The van der Waals surface area contributed by atoms with Gasteiger partial charge in [-0.2, -0.15) is 0 Å². The van der Waals surface area contributed by atoms with Crippen molar-refractivity contribution in [2.75, 3.05) is 47.5 Å². The number of quaternary nitrogens is 1. The first-order valence-corrected chi connectivity index (χ1v) is 22.4. The van der Waals surface area contributed by atoms with Gasteiger partial charge in [-0.15, -0.1) is 0 Å². The van der Waals surface area contributed by atoms with Crippen molar-refractivity contribution < 1.29 is 42.1 Å². The van der Waals surface area contributed by atoms with Gasteiger partial charge >= 0.3 is 19.8 Å².